The summed E-state index contributed by atoms with van der Waals surface area (Å²) in [5.74, 6) is 0.382. The van der Waals surface area contributed by atoms with E-state index in [-0.39, 0.29) is 18.2 Å². The minimum atomic E-state index is -0.539. The van der Waals surface area contributed by atoms with Crippen molar-refractivity contribution < 1.29 is 18.8 Å². The SMILES string of the molecule is NC(=O)c1cnc2n1CCN(C(=O)c1coc3c1C(=O)CCC3)C2. The molecular weight excluding hydrogens is 312 g/mol. The second kappa shape index (κ2) is 5.33. The van der Waals surface area contributed by atoms with Gasteiger partial charge in [0.25, 0.3) is 11.8 Å². The van der Waals surface area contributed by atoms with E-state index in [4.69, 9.17) is 10.2 Å². The normalized spacial score (nSPS) is 16.7. The van der Waals surface area contributed by atoms with E-state index in [1.807, 2.05) is 0 Å². The Kier molecular flexibility index (Phi) is 3.26. The minimum absolute atomic E-state index is 0.0390. The number of furan rings is 1. The maximum absolute atomic E-state index is 12.8. The molecular formula is C16H16N4O4. The van der Waals surface area contributed by atoms with Crippen molar-refractivity contribution in [1.29, 1.82) is 0 Å². The number of aromatic nitrogens is 2. The lowest BCUT2D eigenvalue weighted by molar-refractivity contribution is 0.0701. The van der Waals surface area contributed by atoms with Gasteiger partial charge in [0.2, 0.25) is 0 Å². The van der Waals surface area contributed by atoms with Gasteiger partial charge in [0.1, 0.15) is 23.5 Å². The number of hydrogen-bond acceptors (Lipinski definition) is 5. The number of nitrogens with two attached hydrogens (primary N) is 1. The second-order valence-electron chi connectivity index (χ2n) is 6.03. The molecule has 0 atom stereocenters. The number of carbonyl (C=O) groups excluding carboxylic acids is 3. The first kappa shape index (κ1) is 14.7. The van der Waals surface area contributed by atoms with E-state index in [2.05, 4.69) is 4.98 Å². The summed E-state index contributed by atoms with van der Waals surface area (Å²) in [6, 6.07) is 0. The number of aryl methyl sites for hydroxylation is 1. The maximum atomic E-state index is 12.8. The van der Waals surface area contributed by atoms with Gasteiger partial charge in [-0.25, -0.2) is 4.98 Å². The molecule has 2 aromatic heterocycles. The van der Waals surface area contributed by atoms with Crippen molar-refractivity contribution in [1.82, 2.24) is 14.5 Å². The molecule has 124 valence electrons. The van der Waals surface area contributed by atoms with Crippen molar-refractivity contribution in [3.63, 3.8) is 0 Å². The van der Waals surface area contributed by atoms with Crippen LogP contribution in [0.1, 0.15) is 55.6 Å². The van der Waals surface area contributed by atoms with Gasteiger partial charge in [-0.2, -0.15) is 0 Å². The number of amides is 2. The molecule has 0 saturated carbocycles. The molecule has 2 aromatic rings. The van der Waals surface area contributed by atoms with E-state index < -0.39 is 5.91 Å². The van der Waals surface area contributed by atoms with Crippen molar-refractivity contribution in [2.24, 2.45) is 5.73 Å². The molecule has 0 unspecified atom stereocenters. The number of hydrogen-bond donors (Lipinski definition) is 1. The Hall–Kier alpha value is -2.90. The molecule has 24 heavy (non-hydrogen) atoms. The summed E-state index contributed by atoms with van der Waals surface area (Å²) in [4.78, 5) is 42.1. The number of fused-ring (bicyclic) bond motifs is 2. The fourth-order valence-electron chi connectivity index (χ4n) is 3.38. The first-order valence-electron chi connectivity index (χ1n) is 7.83. The zero-order valence-corrected chi connectivity index (χ0v) is 12.9. The molecule has 0 spiro atoms. The first-order chi connectivity index (χ1) is 11.6. The predicted molar refractivity (Wildman–Crippen MR) is 81.5 cm³/mol. The minimum Gasteiger partial charge on any atom is -0.468 e. The number of rotatable bonds is 2. The summed E-state index contributed by atoms with van der Waals surface area (Å²) in [6.45, 7) is 1.12. The fraction of sp³-hybridized carbons (Fsp3) is 0.375. The van der Waals surface area contributed by atoms with Gasteiger partial charge in [0, 0.05) is 25.9 Å². The number of Topliss-reactive ketones (excluding diaryl/α,β-unsaturated/α-hetero) is 1. The van der Waals surface area contributed by atoms with Crippen LogP contribution in [-0.2, 0) is 19.5 Å². The Bertz CT molecular complexity index is 864. The first-order valence-corrected chi connectivity index (χ1v) is 7.83. The standard InChI is InChI=1S/C16H16N4O4/c17-15(22)10-6-18-13-7-19(4-5-20(10)13)16(23)9-8-24-12-3-1-2-11(21)14(9)12/h6,8H,1-5,7H2,(H2,17,22). The van der Waals surface area contributed by atoms with Crippen LogP contribution in [0.5, 0.6) is 0 Å². The Labute approximate surface area is 137 Å². The summed E-state index contributed by atoms with van der Waals surface area (Å²) >= 11 is 0. The molecule has 0 radical (unpaired) electrons. The quantitative estimate of drug-likeness (QED) is 0.874. The maximum Gasteiger partial charge on any atom is 0.266 e. The molecule has 8 nitrogen and oxygen atoms in total. The van der Waals surface area contributed by atoms with Crippen molar-refractivity contribution in [2.45, 2.75) is 32.4 Å². The van der Waals surface area contributed by atoms with E-state index in [1.54, 1.807) is 9.47 Å². The Morgan fingerprint density at radius 2 is 2.08 bits per heavy atom. The van der Waals surface area contributed by atoms with Crippen molar-refractivity contribution in [3.05, 3.63) is 40.9 Å². The zero-order valence-electron chi connectivity index (χ0n) is 12.9. The van der Waals surface area contributed by atoms with Crippen LogP contribution >= 0.6 is 0 Å². The molecule has 0 fully saturated rings. The lowest BCUT2D eigenvalue weighted by atomic mass is 9.93. The highest BCUT2D eigenvalue weighted by molar-refractivity contribution is 6.09. The topological polar surface area (TPSA) is 111 Å². The molecule has 2 aliphatic rings. The van der Waals surface area contributed by atoms with Crippen LogP contribution in [0.2, 0.25) is 0 Å². The van der Waals surface area contributed by atoms with Gasteiger partial charge in [0.15, 0.2) is 5.78 Å². The van der Waals surface area contributed by atoms with E-state index in [9.17, 15) is 14.4 Å². The summed E-state index contributed by atoms with van der Waals surface area (Å²) in [6.07, 6.45) is 4.69. The average molecular weight is 328 g/mol. The highest BCUT2D eigenvalue weighted by Gasteiger charge is 2.32. The largest absolute Gasteiger partial charge is 0.468 e. The van der Waals surface area contributed by atoms with Crippen LogP contribution in [0.15, 0.2) is 16.9 Å². The molecule has 0 saturated heterocycles. The third-order valence-corrected chi connectivity index (χ3v) is 4.59. The van der Waals surface area contributed by atoms with Crippen LogP contribution < -0.4 is 5.73 Å². The molecule has 1 aliphatic carbocycles. The number of nitrogens with zero attached hydrogens (tertiary/aromatic N) is 3. The third-order valence-electron chi connectivity index (χ3n) is 4.59. The molecule has 1 aliphatic heterocycles. The van der Waals surface area contributed by atoms with Crippen LogP contribution in [0, 0.1) is 0 Å². The smallest absolute Gasteiger partial charge is 0.266 e. The number of ketones is 1. The van der Waals surface area contributed by atoms with E-state index >= 15 is 0 Å². The highest BCUT2D eigenvalue weighted by atomic mass is 16.3. The fourth-order valence-corrected chi connectivity index (χ4v) is 3.38. The Morgan fingerprint density at radius 1 is 1.25 bits per heavy atom. The lowest BCUT2D eigenvalue weighted by Gasteiger charge is -2.28. The number of imidazole rings is 1. The van der Waals surface area contributed by atoms with Gasteiger partial charge in [-0.1, -0.05) is 0 Å². The molecule has 4 rings (SSSR count). The number of primary amides is 1. The van der Waals surface area contributed by atoms with Gasteiger partial charge >= 0.3 is 0 Å². The van der Waals surface area contributed by atoms with E-state index in [0.29, 0.717) is 54.3 Å². The van der Waals surface area contributed by atoms with Crippen LogP contribution in [0.25, 0.3) is 0 Å². The van der Waals surface area contributed by atoms with Crippen LogP contribution in [0.3, 0.4) is 0 Å². The highest BCUT2D eigenvalue weighted by Crippen LogP contribution is 2.28. The van der Waals surface area contributed by atoms with E-state index in [0.717, 1.165) is 6.42 Å². The lowest BCUT2D eigenvalue weighted by Crippen LogP contribution is -2.39. The Balaban J connectivity index is 1.62. The zero-order chi connectivity index (χ0) is 16.8. The van der Waals surface area contributed by atoms with Gasteiger partial charge in [0.05, 0.1) is 23.9 Å². The average Bonchev–Trinajstić information content (AvgIpc) is 3.18. The summed E-state index contributed by atoms with van der Waals surface area (Å²) in [5, 5.41) is 0. The van der Waals surface area contributed by atoms with Gasteiger partial charge in [-0.15, -0.1) is 0 Å². The predicted octanol–water partition coefficient (Wildman–Crippen LogP) is 0.750. The van der Waals surface area contributed by atoms with Crippen molar-refractivity contribution in [3.8, 4) is 0 Å². The van der Waals surface area contributed by atoms with Gasteiger partial charge < -0.3 is 19.6 Å². The van der Waals surface area contributed by atoms with E-state index in [1.165, 1.54) is 12.5 Å². The van der Waals surface area contributed by atoms with Gasteiger partial charge in [-0.05, 0) is 6.42 Å². The molecule has 0 aromatic carbocycles. The van der Waals surface area contributed by atoms with Crippen LogP contribution in [-0.4, -0.2) is 38.6 Å². The molecule has 0 bridgehead atoms. The Morgan fingerprint density at radius 3 is 2.88 bits per heavy atom. The van der Waals surface area contributed by atoms with Gasteiger partial charge in [-0.3, -0.25) is 14.4 Å². The summed E-state index contributed by atoms with van der Waals surface area (Å²) in [7, 11) is 0. The third kappa shape index (κ3) is 2.14. The number of carbonyl (C=O) groups is 3. The van der Waals surface area contributed by atoms with Crippen molar-refractivity contribution >= 4 is 17.6 Å². The van der Waals surface area contributed by atoms with Crippen LogP contribution in [0.4, 0.5) is 0 Å². The molecule has 2 amide bonds. The molecule has 3 heterocycles. The summed E-state index contributed by atoms with van der Waals surface area (Å²) in [5.41, 5.74) is 6.41. The second-order valence-corrected chi connectivity index (χ2v) is 6.03. The molecule has 2 N–H and O–H groups in total. The molecule has 8 heteroatoms. The van der Waals surface area contributed by atoms with Crippen molar-refractivity contribution in [2.75, 3.05) is 6.54 Å². The summed E-state index contributed by atoms with van der Waals surface area (Å²) < 4.78 is 7.15. The monoisotopic (exact) mass is 328 g/mol.